The normalized spacial score (nSPS) is 19.9. The van der Waals surface area contributed by atoms with Crippen LogP contribution < -0.4 is 10.5 Å². The number of hydrogen-bond donors (Lipinski definition) is 1. The maximum atomic E-state index is 13.0. The van der Waals surface area contributed by atoms with E-state index in [0.717, 1.165) is 24.2 Å². The number of carbonyl (C=O) groups is 2. The molecule has 0 radical (unpaired) electrons. The Morgan fingerprint density at radius 2 is 1.85 bits per heavy atom. The molecule has 0 bridgehead atoms. The van der Waals surface area contributed by atoms with Gasteiger partial charge >= 0.3 is 5.97 Å². The van der Waals surface area contributed by atoms with Crippen LogP contribution in [0.25, 0.3) is 0 Å². The zero-order valence-electron chi connectivity index (χ0n) is 18.4. The number of carbonyl (C=O) groups excluding carboxylic acids is 2. The highest BCUT2D eigenvalue weighted by Gasteiger charge is 2.30. The molecule has 2 aromatic carbocycles. The number of esters is 1. The number of ketones is 1. The quantitative estimate of drug-likeness (QED) is 0.390. The molecule has 0 aliphatic carbocycles. The molecule has 0 amide bonds. The molecule has 0 saturated carbocycles. The molecule has 0 spiro atoms. The Morgan fingerprint density at radius 1 is 1.15 bits per heavy atom. The molecule has 8 nitrogen and oxygen atoms in total. The van der Waals surface area contributed by atoms with Crippen molar-refractivity contribution in [3.63, 3.8) is 0 Å². The number of halogens is 1. The van der Waals surface area contributed by atoms with Crippen LogP contribution in [0.15, 0.2) is 47.6 Å². The highest BCUT2D eigenvalue weighted by Crippen LogP contribution is 2.32. The van der Waals surface area contributed by atoms with Crippen molar-refractivity contribution in [2.45, 2.75) is 19.1 Å². The summed E-state index contributed by atoms with van der Waals surface area (Å²) in [7, 11) is 1.35. The van der Waals surface area contributed by atoms with Gasteiger partial charge in [0.25, 0.3) is 0 Å². The van der Waals surface area contributed by atoms with Gasteiger partial charge < -0.3 is 14.2 Å². The van der Waals surface area contributed by atoms with Crippen molar-refractivity contribution >= 4 is 30.4 Å². The van der Waals surface area contributed by atoms with Gasteiger partial charge in [-0.2, -0.15) is 5.10 Å². The van der Waals surface area contributed by atoms with Crippen molar-refractivity contribution in [3.05, 3.63) is 64.7 Å². The smallest absolute Gasteiger partial charge is 0.305 e. The van der Waals surface area contributed by atoms with E-state index in [0.29, 0.717) is 36.5 Å². The molecular weight excluding hydrogens is 446 g/mol. The van der Waals surface area contributed by atoms with E-state index in [1.807, 2.05) is 23.2 Å². The van der Waals surface area contributed by atoms with E-state index in [2.05, 4.69) is 5.10 Å². The molecule has 2 heterocycles. The fourth-order valence-corrected chi connectivity index (χ4v) is 3.83. The Morgan fingerprint density at radius 3 is 2.55 bits per heavy atom. The molecule has 0 aromatic heterocycles. The SMILES string of the molecule is COC(=O)CC1Cc2cc(C(=O)c3ccc(C=NN4CCOCC4)cc3)ccc2OC1N.Cl. The zero-order valence-corrected chi connectivity index (χ0v) is 19.3. The number of rotatable bonds is 6. The van der Waals surface area contributed by atoms with Gasteiger partial charge in [-0.05, 0) is 35.7 Å². The van der Waals surface area contributed by atoms with Gasteiger partial charge in [0.1, 0.15) is 5.75 Å². The van der Waals surface area contributed by atoms with Gasteiger partial charge in [-0.25, -0.2) is 0 Å². The Balaban J connectivity index is 0.00000306. The molecule has 2 N–H and O–H groups in total. The van der Waals surface area contributed by atoms with Gasteiger partial charge in [-0.1, -0.05) is 24.3 Å². The number of hydrazone groups is 1. The van der Waals surface area contributed by atoms with Crippen molar-refractivity contribution in [2.75, 3.05) is 33.4 Å². The third kappa shape index (κ3) is 6.10. The topological polar surface area (TPSA) is 103 Å². The third-order valence-corrected chi connectivity index (χ3v) is 5.72. The monoisotopic (exact) mass is 473 g/mol. The number of nitrogens with two attached hydrogens (primary N) is 1. The van der Waals surface area contributed by atoms with E-state index in [-0.39, 0.29) is 36.5 Å². The van der Waals surface area contributed by atoms with Crippen LogP contribution >= 0.6 is 12.4 Å². The average molecular weight is 474 g/mol. The molecule has 2 unspecified atom stereocenters. The predicted octanol–water partition coefficient (Wildman–Crippen LogP) is 2.40. The summed E-state index contributed by atoms with van der Waals surface area (Å²) in [5, 5.41) is 6.43. The number of hydrogen-bond acceptors (Lipinski definition) is 8. The van der Waals surface area contributed by atoms with Gasteiger partial charge in [0.05, 0.1) is 46.0 Å². The number of ether oxygens (including phenoxy) is 3. The summed E-state index contributed by atoms with van der Waals surface area (Å²) in [6, 6.07) is 12.7. The lowest BCUT2D eigenvalue weighted by Gasteiger charge is -2.30. The summed E-state index contributed by atoms with van der Waals surface area (Å²) in [6.07, 6.45) is 1.92. The van der Waals surface area contributed by atoms with Crippen LogP contribution in [-0.2, 0) is 20.7 Å². The van der Waals surface area contributed by atoms with Gasteiger partial charge in [-0.3, -0.25) is 20.3 Å². The maximum Gasteiger partial charge on any atom is 0.305 e. The minimum atomic E-state index is -0.588. The second kappa shape index (κ2) is 11.3. The Bertz CT molecular complexity index is 1010. The first kappa shape index (κ1) is 24.7. The first-order valence-corrected chi connectivity index (χ1v) is 10.7. The van der Waals surface area contributed by atoms with Crippen LogP contribution in [0.4, 0.5) is 0 Å². The fraction of sp³-hybridized carbons (Fsp3) is 0.375. The van der Waals surface area contributed by atoms with E-state index in [1.165, 1.54) is 7.11 Å². The third-order valence-electron chi connectivity index (χ3n) is 5.72. The first-order chi connectivity index (χ1) is 15.5. The fourth-order valence-electron chi connectivity index (χ4n) is 3.83. The molecule has 176 valence electrons. The largest absolute Gasteiger partial charge is 0.475 e. The Kier molecular flexibility index (Phi) is 8.43. The molecule has 1 fully saturated rings. The van der Waals surface area contributed by atoms with Crippen molar-refractivity contribution in [1.82, 2.24) is 5.01 Å². The molecule has 1 saturated heterocycles. The summed E-state index contributed by atoms with van der Waals surface area (Å²) >= 11 is 0. The first-order valence-electron chi connectivity index (χ1n) is 10.7. The standard InChI is InChI=1S/C24H27N3O5.ClH/c1-30-22(28)14-20-13-19-12-18(6-7-21(19)32-24(20)25)23(29)17-4-2-16(3-5-17)15-26-27-8-10-31-11-9-27;/h2-7,12,15,20,24H,8-11,13-14,25H2,1H3;1H. The summed E-state index contributed by atoms with van der Waals surface area (Å²) in [5.41, 5.74) is 8.99. The molecule has 2 aliphatic rings. The van der Waals surface area contributed by atoms with Crippen molar-refractivity contribution in [3.8, 4) is 5.75 Å². The van der Waals surface area contributed by atoms with Crippen LogP contribution in [0.5, 0.6) is 5.75 Å². The lowest BCUT2D eigenvalue weighted by Crippen LogP contribution is -2.41. The molecule has 2 aromatic rings. The molecule has 2 atom stereocenters. The number of benzene rings is 2. The van der Waals surface area contributed by atoms with E-state index in [1.54, 1.807) is 30.5 Å². The van der Waals surface area contributed by atoms with E-state index in [4.69, 9.17) is 19.9 Å². The van der Waals surface area contributed by atoms with Gasteiger partial charge in [0.2, 0.25) is 0 Å². The lowest BCUT2D eigenvalue weighted by atomic mass is 9.90. The lowest BCUT2D eigenvalue weighted by molar-refractivity contribution is -0.142. The van der Waals surface area contributed by atoms with Gasteiger partial charge in [0.15, 0.2) is 12.0 Å². The van der Waals surface area contributed by atoms with Gasteiger partial charge in [0, 0.05) is 17.0 Å². The van der Waals surface area contributed by atoms with Crippen LogP contribution in [-0.4, -0.2) is 62.6 Å². The number of nitrogens with zero attached hydrogens (tertiary/aromatic N) is 2. The minimum absolute atomic E-state index is 0. The molecular formula is C24H28ClN3O5. The molecule has 4 rings (SSSR count). The van der Waals surface area contributed by atoms with Crippen LogP contribution in [0.2, 0.25) is 0 Å². The summed E-state index contributed by atoms with van der Waals surface area (Å²) in [5.74, 6) is 0.0287. The van der Waals surface area contributed by atoms with Gasteiger partial charge in [-0.15, -0.1) is 12.4 Å². The van der Waals surface area contributed by atoms with E-state index < -0.39 is 6.23 Å². The number of methoxy groups -OCH3 is 1. The summed E-state index contributed by atoms with van der Waals surface area (Å²) in [6.45, 7) is 2.93. The van der Waals surface area contributed by atoms with Crippen LogP contribution in [0, 0.1) is 5.92 Å². The van der Waals surface area contributed by atoms with E-state index in [9.17, 15) is 9.59 Å². The van der Waals surface area contributed by atoms with Crippen LogP contribution in [0.3, 0.4) is 0 Å². The molecule has 2 aliphatic heterocycles. The summed E-state index contributed by atoms with van der Waals surface area (Å²) < 4.78 is 15.8. The number of morpholine rings is 1. The Hall–Kier alpha value is -2.94. The molecule has 33 heavy (non-hydrogen) atoms. The predicted molar refractivity (Wildman–Crippen MR) is 126 cm³/mol. The maximum absolute atomic E-state index is 13.0. The zero-order chi connectivity index (χ0) is 22.5. The Labute approximate surface area is 199 Å². The second-order valence-electron chi connectivity index (χ2n) is 7.91. The minimum Gasteiger partial charge on any atom is -0.475 e. The summed E-state index contributed by atoms with van der Waals surface area (Å²) in [4.78, 5) is 24.7. The van der Waals surface area contributed by atoms with E-state index >= 15 is 0 Å². The van der Waals surface area contributed by atoms with Crippen molar-refractivity contribution in [2.24, 2.45) is 16.8 Å². The van der Waals surface area contributed by atoms with Crippen molar-refractivity contribution in [1.29, 1.82) is 0 Å². The highest BCUT2D eigenvalue weighted by atomic mass is 35.5. The number of fused-ring (bicyclic) bond motifs is 1. The van der Waals surface area contributed by atoms with Crippen molar-refractivity contribution < 1.29 is 23.8 Å². The average Bonchev–Trinajstić information content (AvgIpc) is 2.83. The molecule has 9 heteroatoms. The van der Waals surface area contributed by atoms with Crippen LogP contribution in [0.1, 0.15) is 33.5 Å². The second-order valence-corrected chi connectivity index (χ2v) is 7.91. The highest BCUT2D eigenvalue weighted by molar-refractivity contribution is 6.09.